The summed E-state index contributed by atoms with van der Waals surface area (Å²) in [5.74, 6) is -0.246. The van der Waals surface area contributed by atoms with Crippen molar-refractivity contribution in [3.05, 3.63) is 41.0 Å². The van der Waals surface area contributed by atoms with Crippen molar-refractivity contribution in [3.8, 4) is 0 Å². The van der Waals surface area contributed by atoms with E-state index >= 15 is 0 Å². The number of aromatic nitrogens is 2. The highest BCUT2D eigenvalue weighted by atomic mass is 32.2. The van der Waals surface area contributed by atoms with Crippen LogP contribution in [-0.4, -0.2) is 73.4 Å². The number of carbonyl (C=O) groups excluding carboxylic acids is 1. The van der Waals surface area contributed by atoms with Crippen molar-refractivity contribution in [2.45, 2.75) is 35.7 Å². The lowest BCUT2D eigenvalue weighted by Gasteiger charge is -2.31. The van der Waals surface area contributed by atoms with Gasteiger partial charge in [0.25, 0.3) is 15.9 Å². The minimum atomic E-state index is -3.61. The maximum absolute atomic E-state index is 13.2. The van der Waals surface area contributed by atoms with Crippen LogP contribution in [0.15, 0.2) is 34.1 Å². The third kappa shape index (κ3) is 4.40. The van der Waals surface area contributed by atoms with Crippen LogP contribution in [0.2, 0.25) is 0 Å². The second kappa shape index (κ2) is 8.67. The van der Waals surface area contributed by atoms with E-state index < -0.39 is 15.6 Å². The summed E-state index contributed by atoms with van der Waals surface area (Å²) in [5.41, 5.74) is 0.472. The first-order chi connectivity index (χ1) is 14.4. The number of amides is 1. The van der Waals surface area contributed by atoms with Gasteiger partial charge in [0.05, 0.1) is 37.3 Å². The molecule has 2 aliphatic rings. The van der Waals surface area contributed by atoms with Crippen LogP contribution in [0.1, 0.15) is 28.8 Å². The van der Waals surface area contributed by atoms with Gasteiger partial charge in [0.15, 0.2) is 0 Å². The van der Waals surface area contributed by atoms with Crippen molar-refractivity contribution in [1.29, 1.82) is 0 Å². The van der Waals surface area contributed by atoms with Crippen LogP contribution in [0.4, 0.5) is 0 Å². The number of rotatable bonds is 5. The Morgan fingerprint density at radius 1 is 1.40 bits per heavy atom. The Bertz CT molecular complexity index is 997. The van der Waals surface area contributed by atoms with Crippen molar-refractivity contribution >= 4 is 27.3 Å². The average Bonchev–Trinajstić information content (AvgIpc) is 3.29. The number of sulfonamides is 1. The third-order valence-electron chi connectivity index (χ3n) is 5.38. The Morgan fingerprint density at radius 2 is 2.27 bits per heavy atom. The van der Waals surface area contributed by atoms with E-state index in [9.17, 15) is 13.2 Å². The second-order valence-corrected chi connectivity index (χ2v) is 10.6. The first-order valence-corrected chi connectivity index (χ1v) is 12.1. The highest BCUT2D eigenvalue weighted by molar-refractivity contribution is 7.91. The molecule has 1 spiro atoms. The van der Waals surface area contributed by atoms with Gasteiger partial charge in [-0.25, -0.2) is 8.42 Å². The monoisotopic (exact) mass is 452 g/mol. The van der Waals surface area contributed by atoms with E-state index in [1.54, 1.807) is 18.4 Å². The lowest BCUT2D eigenvalue weighted by atomic mass is 10.0. The summed E-state index contributed by atoms with van der Waals surface area (Å²) < 4.78 is 40.2. The van der Waals surface area contributed by atoms with Crippen LogP contribution in [0, 0.1) is 6.92 Å². The fourth-order valence-corrected chi connectivity index (χ4v) is 6.86. The molecule has 4 heterocycles. The lowest BCUT2D eigenvalue weighted by Crippen LogP contribution is -2.47. The quantitative estimate of drug-likeness (QED) is 0.726. The fourth-order valence-electron chi connectivity index (χ4n) is 3.81. The van der Waals surface area contributed by atoms with Gasteiger partial charge in [0, 0.05) is 19.6 Å². The van der Waals surface area contributed by atoms with Gasteiger partial charge in [-0.15, -0.1) is 11.3 Å². The van der Waals surface area contributed by atoms with E-state index in [0.29, 0.717) is 48.9 Å². The molecule has 0 saturated carbocycles. The molecule has 2 atom stereocenters. The molecule has 0 bridgehead atoms. The number of nitrogens with zero attached hydrogens (tertiary/aromatic N) is 3. The molecule has 11 heteroatoms. The number of carbonyl (C=O) groups is 1. The molecule has 2 aromatic rings. The highest BCUT2D eigenvalue weighted by Gasteiger charge is 2.46. The zero-order valence-electron chi connectivity index (χ0n) is 16.6. The van der Waals surface area contributed by atoms with E-state index in [0.717, 1.165) is 5.56 Å². The molecular weight excluding hydrogens is 428 g/mol. The number of thiophene rings is 1. The highest BCUT2D eigenvalue weighted by Crippen LogP contribution is 2.35. The van der Waals surface area contributed by atoms with E-state index in [-0.39, 0.29) is 18.6 Å². The summed E-state index contributed by atoms with van der Waals surface area (Å²) in [5, 5.41) is 12.0. The first kappa shape index (κ1) is 21.3. The van der Waals surface area contributed by atoms with E-state index in [2.05, 4.69) is 15.5 Å². The standard InChI is InChI=1S/C19H24N4O5S2/c1-14-4-9-29-18(14)30(25,26)23-7-8-27-13-19(12-23)5-2-16(28-19)11-20-17(24)15-3-6-21-22-10-15/h3-4,6,9-10,16H,2,5,7-8,11-13H2,1H3,(H,20,24). The summed E-state index contributed by atoms with van der Waals surface area (Å²) in [6.07, 6.45) is 4.03. The molecule has 162 valence electrons. The van der Waals surface area contributed by atoms with Gasteiger partial charge in [0.2, 0.25) is 0 Å². The Labute approximate surface area is 179 Å². The van der Waals surface area contributed by atoms with Gasteiger partial charge in [-0.05, 0) is 42.8 Å². The minimum Gasteiger partial charge on any atom is -0.377 e. The van der Waals surface area contributed by atoms with Gasteiger partial charge < -0.3 is 14.8 Å². The number of hydrogen-bond donors (Lipinski definition) is 1. The molecule has 2 unspecified atom stereocenters. The molecule has 0 aliphatic carbocycles. The van der Waals surface area contributed by atoms with Gasteiger partial charge in [-0.2, -0.15) is 14.5 Å². The van der Waals surface area contributed by atoms with Crippen LogP contribution >= 0.6 is 11.3 Å². The van der Waals surface area contributed by atoms with Gasteiger partial charge in [-0.1, -0.05) is 0 Å². The summed E-state index contributed by atoms with van der Waals surface area (Å²) in [4.78, 5) is 12.2. The number of nitrogens with one attached hydrogen (secondary N) is 1. The van der Waals surface area contributed by atoms with Crippen molar-refractivity contribution in [1.82, 2.24) is 19.8 Å². The molecule has 0 radical (unpaired) electrons. The Hall–Kier alpha value is -1.92. The van der Waals surface area contributed by atoms with Gasteiger partial charge >= 0.3 is 0 Å². The van der Waals surface area contributed by atoms with Gasteiger partial charge in [-0.3, -0.25) is 4.79 Å². The zero-order chi connectivity index (χ0) is 21.2. The summed E-state index contributed by atoms with van der Waals surface area (Å²) in [6, 6.07) is 3.40. The molecule has 2 aromatic heterocycles. The SMILES string of the molecule is Cc1ccsc1S(=O)(=O)N1CCOCC2(CCC(CNC(=O)c3ccnnc3)O2)C1. The predicted octanol–water partition coefficient (Wildman–Crippen LogP) is 1.22. The normalized spacial score (nSPS) is 25.3. The Kier molecular flexibility index (Phi) is 6.16. The molecule has 2 fully saturated rings. The average molecular weight is 453 g/mol. The predicted molar refractivity (Wildman–Crippen MR) is 110 cm³/mol. The number of ether oxygens (including phenoxy) is 2. The summed E-state index contributed by atoms with van der Waals surface area (Å²) in [6.45, 7) is 3.33. The van der Waals surface area contributed by atoms with E-state index in [1.165, 1.54) is 28.0 Å². The van der Waals surface area contributed by atoms with Gasteiger partial charge in [0.1, 0.15) is 9.81 Å². The molecule has 4 rings (SSSR count). The maximum Gasteiger partial charge on any atom is 0.253 e. The molecule has 1 amide bonds. The van der Waals surface area contributed by atoms with Crippen molar-refractivity contribution in [2.24, 2.45) is 0 Å². The van der Waals surface area contributed by atoms with E-state index in [1.807, 2.05) is 6.07 Å². The Morgan fingerprint density at radius 3 is 3.00 bits per heavy atom. The Balaban J connectivity index is 1.41. The minimum absolute atomic E-state index is 0.210. The number of aryl methyl sites for hydroxylation is 1. The van der Waals surface area contributed by atoms with Crippen molar-refractivity contribution in [2.75, 3.05) is 32.8 Å². The van der Waals surface area contributed by atoms with Crippen LogP contribution < -0.4 is 5.32 Å². The van der Waals surface area contributed by atoms with Crippen molar-refractivity contribution in [3.63, 3.8) is 0 Å². The lowest BCUT2D eigenvalue weighted by molar-refractivity contribution is -0.0803. The molecule has 1 N–H and O–H groups in total. The van der Waals surface area contributed by atoms with Crippen molar-refractivity contribution < 1.29 is 22.7 Å². The molecule has 2 saturated heterocycles. The number of hydrogen-bond acceptors (Lipinski definition) is 8. The maximum atomic E-state index is 13.2. The second-order valence-electron chi connectivity index (χ2n) is 7.58. The van der Waals surface area contributed by atoms with Crippen LogP contribution in [0.25, 0.3) is 0 Å². The van der Waals surface area contributed by atoms with E-state index in [4.69, 9.17) is 9.47 Å². The van der Waals surface area contributed by atoms with Crippen LogP contribution in [-0.2, 0) is 19.5 Å². The topological polar surface area (TPSA) is 111 Å². The largest absolute Gasteiger partial charge is 0.377 e. The summed E-state index contributed by atoms with van der Waals surface area (Å²) in [7, 11) is -3.61. The van der Waals surface area contributed by atoms with Crippen LogP contribution in [0.3, 0.4) is 0 Å². The zero-order valence-corrected chi connectivity index (χ0v) is 18.2. The smallest absolute Gasteiger partial charge is 0.253 e. The fraction of sp³-hybridized carbons (Fsp3) is 0.526. The molecule has 30 heavy (non-hydrogen) atoms. The summed E-state index contributed by atoms with van der Waals surface area (Å²) >= 11 is 1.23. The molecular formula is C19H24N4O5S2. The first-order valence-electron chi connectivity index (χ1n) is 9.74. The third-order valence-corrected chi connectivity index (χ3v) is 8.89. The molecule has 0 aromatic carbocycles. The molecule has 2 aliphatic heterocycles. The van der Waals surface area contributed by atoms with Crippen LogP contribution in [0.5, 0.6) is 0 Å². The molecule has 9 nitrogen and oxygen atoms in total.